The summed E-state index contributed by atoms with van der Waals surface area (Å²) in [4.78, 5) is 58.5. The topological polar surface area (TPSA) is 155 Å². The summed E-state index contributed by atoms with van der Waals surface area (Å²) in [6.07, 6.45) is -0.875. The quantitative estimate of drug-likeness (QED) is 0.144. The van der Waals surface area contributed by atoms with E-state index >= 15 is 0 Å². The van der Waals surface area contributed by atoms with E-state index in [1.54, 1.807) is 11.8 Å². The van der Waals surface area contributed by atoms with Gasteiger partial charge in [-0.2, -0.15) is 0 Å². The van der Waals surface area contributed by atoms with E-state index in [2.05, 4.69) is 5.16 Å². The highest BCUT2D eigenvalue weighted by Crippen LogP contribution is 2.45. The number of cyclic esters (lactones) is 1. The standard InChI is InChI=1S/C44H64N2O10/c1-11-34-44(12-2)38(46(42(51)55-44)21-17-16-20-32-23-33(45-56-32)31-18-14-13-15-19-31)28(6)35(47)26(4)24-43(9,10)39(29(7)37(49)30(8)40(50)53-34)54-41-36(48)25(3)22-27(5)52-41/h13-15,18-19,23,25-30,34,36,38-39,41,48H,11-12,16-17,20-22,24H2,1-10H3/t25-,26+,27+,28-,29-,30+,34+,36+,38+,39+,41-,44+/m0/s1. The van der Waals surface area contributed by atoms with Crippen LogP contribution in [-0.4, -0.2) is 87.7 Å². The van der Waals surface area contributed by atoms with Gasteiger partial charge in [0.1, 0.15) is 35.4 Å². The highest BCUT2D eigenvalue weighted by Gasteiger charge is 2.61. The Hall–Kier alpha value is -3.61. The van der Waals surface area contributed by atoms with Gasteiger partial charge in [0.25, 0.3) is 0 Å². The highest BCUT2D eigenvalue weighted by atomic mass is 16.7. The van der Waals surface area contributed by atoms with Crippen LogP contribution in [0.4, 0.5) is 4.79 Å². The van der Waals surface area contributed by atoms with Crippen LogP contribution in [0.5, 0.6) is 0 Å². The zero-order valence-corrected chi connectivity index (χ0v) is 35.0. The number of Topliss-reactive ketones (excluding diaryl/α,β-unsaturated/α-hetero) is 2. The number of fused-ring (bicyclic) bond motifs is 1. The van der Waals surface area contributed by atoms with Crippen LogP contribution in [0.15, 0.2) is 40.9 Å². The predicted molar refractivity (Wildman–Crippen MR) is 209 cm³/mol. The van der Waals surface area contributed by atoms with E-state index in [4.69, 9.17) is 23.5 Å². The average Bonchev–Trinajstić information content (AvgIpc) is 3.76. The van der Waals surface area contributed by atoms with Crippen LogP contribution in [0.2, 0.25) is 0 Å². The summed E-state index contributed by atoms with van der Waals surface area (Å²) >= 11 is 0. The number of nitrogens with zero attached hydrogens (tertiary/aromatic N) is 2. The van der Waals surface area contributed by atoms with Crippen molar-refractivity contribution in [2.45, 2.75) is 157 Å². The fourth-order valence-corrected chi connectivity index (χ4v) is 9.68. The molecule has 3 fully saturated rings. The number of unbranched alkanes of at least 4 members (excludes halogenated alkanes) is 1. The van der Waals surface area contributed by atoms with Crippen molar-refractivity contribution in [1.29, 1.82) is 0 Å². The number of amides is 1. The number of ether oxygens (including phenoxy) is 4. The Morgan fingerprint density at radius 3 is 2.30 bits per heavy atom. The number of aliphatic hydroxyl groups excluding tert-OH is 1. The second kappa shape index (κ2) is 17.9. The lowest BCUT2D eigenvalue weighted by Gasteiger charge is -2.46. The SMILES string of the molecule is CC[C@H]1OC(=O)[C@H](C)C(=O)[C@H](C)[C@@H](O[C@@H]2O[C@H](C)C[C@H](C)[C@H]2O)C(C)(C)C[C@@H](C)C(=O)[C@H](C)[C@H]2N(CCCCc3cc(-c4ccccc4)no3)C(=O)O[C@]12CC. The monoisotopic (exact) mass is 780 g/mol. The normalized spacial score (nSPS) is 35.8. The van der Waals surface area contributed by atoms with Crippen molar-refractivity contribution < 1.29 is 47.8 Å². The van der Waals surface area contributed by atoms with Gasteiger partial charge in [-0.05, 0) is 63.7 Å². The first-order chi connectivity index (χ1) is 26.4. The van der Waals surface area contributed by atoms with Crippen molar-refractivity contribution in [3.8, 4) is 11.3 Å². The van der Waals surface area contributed by atoms with Crippen LogP contribution in [0, 0.1) is 35.0 Å². The number of aliphatic hydroxyl groups is 1. The van der Waals surface area contributed by atoms with E-state index in [1.165, 1.54) is 6.92 Å². The fraction of sp³-hybridized carbons (Fsp3) is 0.705. The van der Waals surface area contributed by atoms with Gasteiger partial charge in [0, 0.05) is 42.3 Å². The molecule has 3 saturated heterocycles. The van der Waals surface area contributed by atoms with Gasteiger partial charge in [-0.3, -0.25) is 14.4 Å². The Balaban J connectivity index is 1.43. The van der Waals surface area contributed by atoms with Gasteiger partial charge >= 0.3 is 12.1 Å². The number of rotatable bonds is 10. The zero-order valence-electron chi connectivity index (χ0n) is 35.0. The van der Waals surface area contributed by atoms with E-state index in [9.17, 15) is 24.3 Å². The predicted octanol–water partition coefficient (Wildman–Crippen LogP) is 7.59. The fourth-order valence-electron chi connectivity index (χ4n) is 9.68. The average molecular weight is 781 g/mol. The molecule has 0 radical (unpaired) electrons. The third kappa shape index (κ3) is 8.92. The van der Waals surface area contributed by atoms with Crippen molar-refractivity contribution in [1.82, 2.24) is 10.1 Å². The lowest BCUT2D eigenvalue weighted by atomic mass is 9.68. The molecule has 56 heavy (non-hydrogen) atoms. The van der Waals surface area contributed by atoms with Crippen LogP contribution in [-0.2, 0) is 39.8 Å². The summed E-state index contributed by atoms with van der Waals surface area (Å²) in [5.74, 6) is -3.70. The van der Waals surface area contributed by atoms with Gasteiger partial charge < -0.3 is 33.5 Å². The van der Waals surface area contributed by atoms with Gasteiger partial charge in [-0.15, -0.1) is 0 Å². The number of aromatic nitrogens is 1. The van der Waals surface area contributed by atoms with Crippen molar-refractivity contribution in [3.63, 3.8) is 0 Å². The molecule has 0 saturated carbocycles. The van der Waals surface area contributed by atoms with Crippen LogP contribution >= 0.6 is 0 Å². The number of carbonyl (C=O) groups excluding carboxylic acids is 4. The van der Waals surface area contributed by atoms with E-state index < -0.39 is 77.4 Å². The molecule has 3 aliphatic rings. The van der Waals surface area contributed by atoms with Crippen LogP contribution in [0.3, 0.4) is 0 Å². The second-order valence-corrected chi connectivity index (χ2v) is 17.4. The van der Waals surface area contributed by atoms with E-state index in [0.717, 1.165) is 17.0 Å². The lowest BCUT2D eigenvalue weighted by molar-refractivity contribution is -0.284. The maximum absolute atomic E-state index is 14.7. The maximum Gasteiger partial charge on any atom is 0.410 e. The van der Waals surface area contributed by atoms with Gasteiger partial charge in [0.15, 0.2) is 17.7 Å². The molecule has 310 valence electrons. The Morgan fingerprint density at radius 1 is 0.946 bits per heavy atom. The van der Waals surface area contributed by atoms with Gasteiger partial charge in [0.05, 0.1) is 18.2 Å². The number of ketones is 2. The van der Waals surface area contributed by atoms with E-state index in [0.29, 0.717) is 51.5 Å². The molecule has 1 N–H and O–H groups in total. The van der Waals surface area contributed by atoms with Crippen molar-refractivity contribution in [3.05, 3.63) is 42.2 Å². The molecule has 1 amide bonds. The number of carbonyl (C=O) groups is 4. The van der Waals surface area contributed by atoms with Crippen molar-refractivity contribution in [2.24, 2.45) is 35.0 Å². The minimum Gasteiger partial charge on any atom is -0.457 e. The molecule has 3 aliphatic heterocycles. The summed E-state index contributed by atoms with van der Waals surface area (Å²) < 4.78 is 30.8. The summed E-state index contributed by atoms with van der Waals surface area (Å²) in [7, 11) is 0. The number of hydrogen-bond acceptors (Lipinski definition) is 11. The molecule has 4 heterocycles. The first-order valence-electron chi connectivity index (χ1n) is 20.7. The molecule has 1 aromatic carbocycles. The summed E-state index contributed by atoms with van der Waals surface area (Å²) in [5.41, 5.74) is -0.394. The third-order valence-corrected chi connectivity index (χ3v) is 12.7. The van der Waals surface area contributed by atoms with Crippen molar-refractivity contribution >= 4 is 23.6 Å². The Labute approximate surface area is 332 Å². The largest absolute Gasteiger partial charge is 0.457 e. The molecule has 12 atom stereocenters. The summed E-state index contributed by atoms with van der Waals surface area (Å²) in [5, 5.41) is 15.3. The Bertz CT molecular complexity index is 1680. The first-order valence-corrected chi connectivity index (χ1v) is 20.7. The number of esters is 1. The summed E-state index contributed by atoms with van der Waals surface area (Å²) in [6, 6.07) is 11.0. The van der Waals surface area contributed by atoms with Crippen LogP contribution in [0.25, 0.3) is 11.3 Å². The Kier molecular flexibility index (Phi) is 13.9. The number of aryl methyl sites for hydroxylation is 1. The molecule has 2 aromatic rings. The maximum atomic E-state index is 14.7. The van der Waals surface area contributed by atoms with Crippen LogP contribution < -0.4 is 0 Å². The van der Waals surface area contributed by atoms with E-state index in [1.807, 2.05) is 91.8 Å². The van der Waals surface area contributed by atoms with Gasteiger partial charge in [-0.1, -0.05) is 90.9 Å². The molecule has 1 aromatic heterocycles. The second-order valence-electron chi connectivity index (χ2n) is 17.4. The molecular formula is C44H64N2O10. The highest BCUT2D eigenvalue weighted by molar-refractivity contribution is 6.00. The number of hydrogen-bond donors (Lipinski definition) is 1. The molecule has 12 heteroatoms. The smallest absolute Gasteiger partial charge is 0.410 e. The molecule has 0 bridgehead atoms. The molecule has 0 unspecified atom stereocenters. The summed E-state index contributed by atoms with van der Waals surface area (Å²) in [6.45, 7) is 18.8. The first kappa shape index (κ1) is 43.5. The molecule has 0 spiro atoms. The van der Waals surface area contributed by atoms with Crippen LogP contribution in [0.1, 0.15) is 114 Å². The van der Waals surface area contributed by atoms with Gasteiger partial charge in [-0.25, -0.2) is 4.79 Å². The lowest BCUT2D eigenvalue weighted by Crippen LogP contribution is -2.59. The van der Waals surface area contributed by atoms with E-state index in [-0.39, 0.29) is 23.6 Å². The zero-order chi connectivity index (χ0) is 41.1. The van der Waals surface area contributed by atoms with Gasteiger partial charge in [0.2, 0.25) is 0 Å². The molecule has 5 rings (SSSR count). The minimum atomic E-state index is -1.33. The Morgan fingerprint density at radius 2 is 1.64 bits per heavy atom. The third-order valence-electron chi connectivity index (χ3n) is 12.7. The molecular weight excluding hydrogens is 716 g/mol. The molecule has 0 aliphatic carbocycles. The minimum absolute atomic E-state index is 0.0696. The molecule has 12 nitrogen and oxygen atoms in total. The van der Waals surface area contributed by atoms with Crippen molar-refractivity contribution in [2.75, 3.05) is 6.54 Å². The number of benzene rings is 1.